The highest BCUT2D eigenvalue weighted by molar-refractivity contribution is 6.01. The molecule has 1 saturated heterocycles. The summed E-state index contributed by atoms with van der Waals surface area (Å²) in [5.74, 6) is 6.02. The Morgan fingerprint density at radius 2 is 2.25 bits per heavy atom. The van der Waals surface area contributed by atoms with Gasteiger partial charge in [-0.25, -0.2) is 4.79 Å². The molecule has 0 radical (unpaired) electrons. The van der Waals surface area contributed by atoms with E-state index in [-0.39, 0.29) is 25.5 Å². The molecule has 6 heteroatoms. The van der Waals surface area contributed by atoms with E-state index >= 15 is 0 Å². The van der Waals surface area contributed by atoms with Gasteiger partial charge >= 0.3 is 6.03 Å². The van der Waals surface area contributed by atoms with E-state index < -0.39 is 6.03 Å². The van der Waals surface area contributed by atoms with Gasteiger partial charge in [0.2, 0.25) is 5.91 Å². The number of imide groups is 1. The molecule has 1 aliphatic rings. The van der Waals surface area contributed by atoms with E-state index in [1.807, 2.05) is 0 Å². The minimum absolute atomic E-state index is 0.0355. The van der Waals surface area contributed by atoms with Gasteiger partial charge in [0.05, 0.1) is 26.7 Å². The first kappa shape index (κ1) is 13.9. The predicted molar refractivity (Wildman–Crippen MR) is 72.9 cm³/mol. The second-order valence-corrected chi connectivity index (χ2v) is 4.17. The van der Waals surface area contributed by atoms with Crippen LogP contribution in [0, 0.1) is 11.8 Å². The molecule has 0 bridgehead atoms. The third-order valence-electron chi connectivity index (χ3n) is 2.88. The highest BCUT2D eigenvalue weighted by atomic mass is 16.5. The Labute approximate surface area is 116 Å². The molecular formula is C14H15N3O3. The van der Waals surface area contributed by atoms with Gasteiger partial charge < -0.3 is 15.8 Å². The second-order valence-electron chi connectivity index (χ2n) is 4.17. The number of nitrogens with zero attached hydrogens (tertiary/aromatic N) is 1. The molecular weight excluding hydrogens is 258 g/mol. The van der Waals surface area contributed by atoms with Gasteiger partial charge in [0.1, 0.15) is 5.75 Å². The number of carbonyl (C=O) groups excluding carboxylic acids is 2. The van der Waals surface area contributed by atoms with Crippen LogP contribution in [0.2, 0.25) is 0 Å². The maximum absolute atomic E-state index is 11.6. The van der Waals surface area contributed by atoms with E-state index in [0.717, 1.165) is 16.0 Å². The third kappa shape index (κ3) is 2.90. The van der Waals surface area contributed by atoms with Gasteiger partial charge in [-0.15, -0.1) is 0 Å². The Balaban J connectivity index is 2.28. The number of ether oxygens (including phenoxy) is 1. The fraction of sp³-hybridized carbons (Fsp3) is 0.286. The van der Waals surface area contributed by atoms with Crippen molar-refractivity contribution in [3.63, 3.8) is 0 Å². The van der Waals surface area contributed by atoms with Crippen molar-refractivity contribution in [2.75, 3.05) is 20.2 Å². The van der Waals surface area contributed by atoms with Gasteiger partial charge in [-0.05, 0) is 18.2 Å². The number of urea groups is 1. The van der Waals surface area contributed by atoms with E-state index in [4.69, 9.17) is 10.5 Å². The first-order chi connectivity index (χ1) is 9.65. The number of amides is 3. The van der Waals surface area contributed by atoms with Gasteiger partial charge in [0.15, 0.2) is 0 Å². The molecule has 0 aromatic heterocycles. The van der Waals surface area contributed by atoms with Gasteiger partial charge in [-0.2, -0.15) is 0 Å². The standard InChI is InChI=1S/C14H15N3O3/c1-20-12-5-4-10(3-2-6-15)7-11(12)9-17-13(18)8-16-14(17)19/h4-5,7H,6,8-9,15H2,1H3,(H,16,19). The molecule has 1 heterocycles. The van der Waals surface area contributed by atoms with Crippen LogP contribution in [-0.4, -0.2) is 37.0 Å². The third-order valence-corrected chi connectivity index (χ3v) is 2.88. The molecule has 2 rings (SSSR count). The van der Waals surface area contributed by atoms with Crippen LogP contribution in [0.15, 0.2) is 18.2 Å². The minimum Gasteiger partial charge on any atom is -0.496 e. The van der Waals surface area contributed by atoms with Crippen molar-refractivity contribution in [1.82, 2.24) is 10.2 Å². The minimum atomic E-state index is -0.393. The Hall–Kier alpha value is -2.52. The predicted octanol–water partition coefficient (Wildman–Crippen LogP) is 0.0572. The molecule has 0 saturated carbocycles. The van der Waals surface area contributed by atoms with Crippen LogP contribution in [0.3, 0.4) is 0 Å². The van der Waals surface area contributed by atoms with E-state index in [1.54, 1.807) is 18.2 Å². The van der Waals surface area contributed by atoms with Crippen molar-refractivity contribution in [2.24, 2.45) is 5.73 Å². The summed E-state index contributed by atoms with van der Waals surface area (Å²) < 4.78 is 5.24. The Morgan fingerprint density at radius 1 is 1.45 bits per heavy atom. The van der Waals surface area contributed by atoms with Gasteiger partial charge in [-0.3, -0.25) is 9.69 Å². The van der Waals surface area contributed by atoms with Crippen molar-refractivity contribution in [2.45, 2.75) is 6.54 Å². The van der Waals surface area contributed by atoms with E-state index in [0.29, 0.717) is 5.75 Å². The van der Waals surface area contributed by atoms with E-state index in [2.05, 4.69) is 17.2 Å². The number of nitrogens with two attached hydrogens (primary N) is 1. The second kappa shape index (κ2) is 6.08. The average Bonchev–Trinajstić information content (AvgIpc) is 2.77. The molecule has 6 nitrogen and oxygen atoms in total. The maximum atomic E-state index is 11.6. The summed E-state index contributed by atoms with van der Waals surface area (Å²) in [4.78, 5) is 24.3. The number of methoxy groups -OCH3 is 1. The Kier molecular flexibility index (Phi) is 4.23. The molecule has 1 aromatic rings. The largest absolute Gasteiger partial charge is 0.496 e. The normalized spacial score (nSPS) is 13.8. The van der Waals surface area contributed by atoms with Crippen LogP contribution in [0.25, 0.3) is 0 Å². The summed E-state index contributed by atoms with van der Waals surface area (Å²) in [5.41, 5.74) is 6.82. The maximum Gasteiger partial charge on any atom is 0.324 e. The summed E-state index contributed by atoms with van der Waals surface area (Å²) in [7, 11) is 1.54. The zero-order valence-electron chi connectivity index (χ0n) is 11.1. The van der Waals surface area contributed by atoms with Crippen LogP contribution < -0.4 is 15.8 Å². The molecule has 0 unspecified atom stereocenters. The molecule has 0 spiro atoms. The first-order valence-corrected chi connectivity index (χ1v) is 6.09. The van der Waals surface area contributed by atoms with Crippen LogP contribution in [-0.2, 0) is 11.3 Å². The van der Waals surface area contributed by atoms with Crippen LogP contribution in [0.5, 0.6) is 5.75 Å². The number of carbonyl (C=O) groups is 2. The lowest BCUT2D eigenvalue weighted by molar-refractivity contribution is -0.125. The van der Waals surface area contributed by atoms with Crippen molar-refractivity contribution in [3.8, 4) is 17.6 Å². The highest BCUT2D eigenvalue weighted by Crippen LogP contribution is 2.22. The van der Waals surface area contributed by atoms with Crippen molar-refractivity contribution >= 4 is 11.9 Å². The quantitative estimate of drug-likeness (QED) is 0.602. The molecule has 1 fully saturated rings. The molecule has 20 heavy (non-hydrogen) atoms. The van der Waals surface area contributed by atoms with Crippen LogP contribution in [0.1, 0.15) is 11.1 Å². The highest BCUT2D eigenvalue weighted by Gasteiger charge is 2.29. The number of rotatable bonds is 3. The molecule has 3 amide bonds. The lowest BCUT2D eigenvalue weighted by Gasteiger charge is -2.15. The lowest BCUT2D eigenvalue weighted by atomic mass is 10.1. The molecule has 1 aromatic carbocycles. The summed E-state index contributed by atoms with van der Waals surface area (Å²) in [6, 6.07) is 4.96. The zero-order valence-corrected chi connectivity index (χ0v) is 11.1. The van der Waals surface area contributed by atoms with E-state index in [1.165, 1.54) is 7.11 Å². The van der Waals surface area contributed by atoms with Crippen LogP contribution >= 0.6 is 0 Å². The number of hydrogen-bond donors (Lipinski definition) is 2. The summed E-state index contributed by atoms with van der Waals surface area (Å²) in [6.07, 6.45) is 0. The number of hydrogen-bond acceptors (Lipinski definition) is 4. The number of nitrogens with one attached hydrogen (secondary N) is 1. The molecule has 1 aliphatic heterocycles. The molecule has 0 aliphatic carbocycles. The van der Waals surface area contributed by atoms with Gasteiger partial charge in [0, 0.05) is 11.1 Å². The smallest absolute Gasteiger partial charge is 0.324 e. The summed E-state index contributed by atoms with van der Waals surface area (Å²) in [5, 5.41) is 2.48. The van der Waals surface area contributed by atoms with Gasteiger partial charge in [0.25, 0.3) is 0 Å². The molecule has 3 N–H and O–H groups in total. The monoisotopic (exact) mass is 273 g/mol. The zero-order chi connectivity index (χ0) is 14.5. The fourth-order valence-corrected chi connectivity index (χ4v) is 1.92. The fourth-order valence-electron chi connectivity index (χ4n) is 1.92. The summed E-state index contributed by atoms with van der Waals surface area (Å²) >= 11 is 0. The number of benzene rings is 1. The van der Waals surface area contributed by atoms with Crippen molar-refractivity contribution in [1.29, 1.82) is 0 Å². The summed E-state index contributed by atoms with van der Waals surface area (Å²) in [6.45, 7) is 0.466. The molecule has 104 valence electrons. The molecule has 0 atom stereocenters. The van der Waals surface area contributed by atoms with Gasteiger partial charge in [-0.1, -0.05) is 11.8 Å². The Morgan fingerprint density at radius 3 is 2.85 bits per heavy atom. The average molecular weight is 273 g/mol. The first-order valence-electron chi connectivity index (χ1n) is 6.09. The topological polar surface area (TPSA) is 84.7 Å². The van der Waals surface area contributed by atoms with Crippen molar-refractivity contribution < 1.29 is 14.3 Å². The van der Waals surface area contributed by atoms with Crippen LogP contribution in [0.4, 0.5) is 4.79 Å². The SMILES string of the molecule is COc1ccc(C#CCN)cc1CN1C(=O)CNC1=O. The van der Waals surface area contributed by atoms with Crippen molar-refractivity contribution in [3.05, 3.63) is 29.3 Å². The Bertz CT molecular complexity index is 585. The lowest BCUT2D eigenvalue weighted by Crippen LogP contribution is -2.30. The van der Waals surface area contributed by atoms with E-state index in [9.17, 15) is 9.59 Å².